The monoisotopic (exact) mass is 470 g/mol. The Morgan fingerprint density at radius 2 is 0.595 bits per heavy atom. The van der Waals surface area contributed by atoms with E-state index in [2.05, 4.69) is 158 Å². The van der Waals surface area contributed by atoms with Crippen molar-refractivity contribution in [2.45, 2.75) is 0 Å². The molecule has 0 aliphatic heterocycles. The number of rotatable bonds is 6. The van der Waals surface area contributed by atoms with Gasteiger partial charge >= 0.3 is 0 Å². The predicted octanol–water partition coefficient (Wildman–Crippen LogP) is 7.74. The first kappa shape index (κ1) is 22.8. The molecule has 0 saturated carbocycles. The second kappa shape index (κ2) is 10.6. The smallest absolute Gasteiger partial charge is 0.0785 e. The second-order valence-electron chi connectivity index (χ2n) is 9.46. The molecule has 1 heteroatoms. The van der Waals surface area contributed by atoms with Gasteiger partial charge in [-0.15, -0.1) is 0 Å². The summed E-state index contributed by atoms with van der Waals surface area (Å²) in [7, 11) is 0.920. The molecule has 0 saturated heterocycles. The van der Waals surface area contributed by atoms with Gasteiger partial charge in [-0.2, -0.15) is 0 Å². The topological polar surface area (TPSA) is 0 Å². The van der Waals surface area contributed by atoms with Crippen LogP contribution in [0.5, 0.6) is 0 Å². The van der Waals surface area contributed by atoms with Crippen molar-refractivity contribution in [3.05, 3.63) is 158 Å². The highest BCUT2D eigenvalue weighted by Gasteiger charge is 2.05. The molecule has 0 aliphatic rings. The first-order chi connectivity index (χ1) is 18.3. The molecule has 0 radical (unpaired) electrons. The zero-order valence-corrected chi connectivity index (χ0v) is 20.7. The Morgan fingerprint density at radius 1 is 0.243 bits per heavy atom. The van der Waals surface area contributed by atoms with Gasteiger partial charge in [0, 0.05) is 0 Å². The number of benzene rings is 6. The van der Waals surface area contributed by atoms with Crippen LogP contribution in [-0.2, 0) is 0 Å². The third-order valence-corrected chi connectivity index (χ3v) is 6.94. The molecule has 0 aliphatic carbocycles. The van der Waals surface area contributed by atoms with Crippen LogP contribution in [-0.4, -0.2) is 7.28 Å². The van der Waals surface area contributed by atoms with Crippen molar-refractivity contribution in [2.75, 3.05) is 0 Å². The molecule has 0 fully saturated rings. The van der Waals surface area contributed by atoms with E-state index in [0.717, 1.165) is 7.28 Å². The van der Waals surface area contributed by atoms with Crippen molar-refractivity contribution < 1.29 is 0 Å². The Hall–Kier alpha value is -4.62. The van der Waals surface area contributed by atoms with Crippen molar-refractivity contribution in [3.63, 3.8) is 0 Å². The SMILES string of the molecule is B(c1ccc(-c2ccc(-c3ccccc3)cc2)cc1)c1cccc(-c2ccc(-c3ccccc3)cc2)c1. The predicted molar refractivity (Wildman–Crippen MR) is 161 cm³/mol. The average Bonchev–Trinajstić information content (AvgIpc) is 2.99. The Bertz CT molecular complexity index is 1580. The summed E-state index contributed by atoms with van der Waals surface area (Å²) in [4.78, 5) is 0. The fourth-order valence-corrected chi connectivity index (χ4v) is 4.88. The van der Waals surface area contributed by atoms with Gasteiger partial charge in [0.15, 0.2) is 7.28 Å². The maximum atomic E-state index is 2.31. The largest absolute Gasteiger partial charge is 0.192 e. The summed E-state index contributed by atoms with van der Waals surface area (Å²) < 4.78 is 0. The van der Waals surface area contributed by atoms with Crippen molar-refractivity contribution in [3.8, 4) is 44.5 Å². The van der Waals surface area contributed by atoms with Gasteiger partial charge in [-0.25, -0.2) is 0 Å². The quantitative estimate of drug-likeness (QED) is 0.219. The van der Waals surface area contributed by atoms with E-state index in [1.807, 2.05) is 0 Å². The van der Waals surface area contributed by atoms with Gasteiger partial charge in [0.2, 0.25) is 0 Å². The molecule has 174 valence electrons. The summed E-state index contributed by atoms with van der Waals surface area (Å²) >= 11 is 0. The van der Waals surface area contributed by atoms with Gasteiger partial charge in [-0.3, -0.25) is 0 Å². The van der Waals surface area contributed by atoms with E-state index in [-0.39, 0.29) is 0 Å². The fourth-order valence-electron chi connectivity index (χ4n) is 4.88. The van der Waals surface area contributed by atoms with Gasteiger partial charge < -0.3 is 0 Å². The highest BCUT2D eigenvalue weighted by atomic mass is 14.1. The summed E-state index contributed by atoms with van der Waals surface area (Å²) in [5.74, 6) is 0. The molecule has 0 nitrogen and oxygen atoms in total. The Morgan fingerprint density at radius 3 is 1.05 bits per heavy atom. The van der Waals surface area contributed by atoms with Crippen molar-refractivity contribution in [2.24, 2.45) is 0 Å². The van der Waals surface area contributed by atoms with Crippen molar-refractivity contribution >= 4 is 18.2 Å². The van der Waals surface area contributed by atoms with Crippen LogP contribution in [0.2, 0.25) is 0 Å². The molecule has 37 heavy (non-hydrogen) atoms. The summed E-state index contributed by atoms with van der Waals surface area (Å²) in [6.07, 6.45) is 0. The molecule has 0 aromatic heterocycles. The van der Waals surface area contributed by atoms with Crippen LogP contribution >= 0.6 is 0 Å². The molecule has 6 aromatic carbocycles. The fraction of sp³-hybridized carbons (Fsp3) is 0. The third-order valence-electron chi connectivity index (χ3n) is 6.94. The standard InChI is InChI=1S/C36H27B/c1-3-8-27(9-4-1)29-14-16-31(17-15-29)32-22-24-35(25-23-32)37-36-13-7-12-34(26-36)33-20-18-30(19-21-33)28-10-5-2-6-11-28/h1-26,37H. The molecule has 0 N–H and O–H groups in total. The van der Waals surface area contributed by atoms with Gasteiger partial charge in [-0.1, -0.05) is 169 Å². The van der Waals surface area contributed by atoms with Crippen LogP contribution < -0.4 is 10.9 Å². The molecule has 6 rings (SSSR count). The molecule has 0 heterocycles. The zero-order chi connectivity index (χ0) is 24.9. The molecule has 0 bridgehead atoms. The van der Waals surface area contributed by atoms with E-state index in [9.17, 15) is 0 Å². The first-order valence-corrected chi connectivity index (χ1v) is 12.8. The molecule has 6 aromatic rings. The molecular formula is C36H27B. The number of hydrogen-bond acceptors (Lipinski definition) is 0. The lowest BCUT2D eigenvalue weighted by molar-refractivity contribution is 1.59. The number of hydrogen-bond donors (Lipinski definition) is 0. The first-order valence-electron chi connectivity index (χ1n) is 12.8. The highest BCUT2D eigenvalue weighted by molar-refractivity contribution is 6.67. The van der Waals surface area contributed by atoms with Crippen LogP contribution in [0.15, 0.2) is 158 Å². The molecular weight excluding hydrogens is 443 g/mol. The van der Waals surface area contributed by atoms with Crippen LogP contribution in [0, 0.1) is 0 Å². The van der Waals surface area contributed by atoms with Crippen molar-refractivity contribution in [1.29, 1.82) is 0 Å². The third kappa shape index (κ3) is 5.32. The molecule has 0 atom stereocenters. The second-order valence-corrected chi connectivity index (χ2v) is 9.46. The minimum absolute atomic E-state index is 0.920. The van der Waals surface area contributed by atoms with E-state index in [1.165, 1.54) is 55.4 Å². The zero-order valence-electron chi connectivity index (χ0n) is 20.7. The minimum atomic E-state index is 0.920. The van der Waals surface area contributed by atoms with E-state index in [4.69, 9.17) is 0 Å². The lowest BCUT2D eigenvalue weighted by Crippen LogP contribution is -2.26. The van der Waals surface area contributed by atoms with Gasteiger partial charge in [0.05, 0.1) is 0 Å². The Labute approximate surface area is 220 Å². The highest BCUT2D eigenvalue weighted by Crippen LogP contribution is 2.25. The van der Waals surface area contributed by atoms with E-state index in [1.54, 1.807) is 0 Å². The summed E-state index contributed by atoms with van der Waals surface area (Å²) in [6.45, 7) is 0. The normalized spacial score (nSPS) is 10.7. The van der Waals surface area contributed by atoms with Gasteiger partial charge in [-0.05, 0) is 44.5 Å². The molecule has 0 unspecified atom stereocenters. The van der Waals surface area contributed by atoms with Gasteiger partial charge in [0.25, 0.3) is 0 Å². The van der Waals surface area contributed by atoms with Crippen LogP contribution in [0.1, 0.15) is 0 Å². The van der Waals surface area contributed by atoms with E-state index < -0.39 is 0 Å². The Kier molecular flexibility index (Phi) is 6.51. The lowest BCUT2D eigenvalue weighted by atomic mass is 9.63. The maximum Gasteiger partial charge on any atom is 0.192 e. The summed E-state index contributed by atoms with van der Waals surface area (Å²) in [5, 5.41) is 0. The van der Waals surface area contributed by atoms with Gasteiger partial charge in [0.1, 0.15) is 0 Å². The van der Waals surface area contributed by atoms with Crippen molar-refractivity contribution in [1.82, 2.24) is 0 Å². The summed E-state index contributed by atoms with van der Waals surface area (Å²) in [5.41, 5.74) is 12.6. The lowest BCUT2D eigenvalue weighted by Gasteiger charge is -2.08. The average molecular weight is 470 g/mol. The molecule has 0 amide bonds. The Balaban J connectivity index is 1.15. The van der Waals surface area contributed by atoms with Crippen LogP contribution in [0.3, 0.4) is 0 Å². The van der Waals surface area contributed by atoms with Crippen LogP contribution in [0.4, 0.5) is 0 Å². The summed E-state index contributed by atoms with van der Waals surface area (Å²) in [6, 6.07) is 56.6. The minimum Gasteiger partial charge on any atom is -0.0785 e. The van der Waals surface area contributed by atoms with E-state index in [0.29, 0.717) is 0 Å². The van der Waals surface area contributed by atoms with E-state index >= 15 is 0 Å². The van der Waals surface area contributed by atoms with Crippen LogP contribution in [0.25, 0.3) is 44.5 Å². The molecule has 0 spiro atoms. The maximum absolute atomic E-state index is 2.31.